The van der Waals surface area contributed by atoms with Gasteiger partial charge in [-0.25, -0.2) is 0 Å². The number of hydrogen-bond acceptors (Lipinski definition) is 5. The first kappa shape index (κ1) is 20.4. The molecular weight excluding hydrogens is 408 g/mol. The van der Waals surface area contributed by atoms with Crippen LogP contribution in [0.15, 0.2) is 52.0 Å². The number of likely N-dealkylation sites (tertiary alicyclic amines) is 1. The number of para-hydroxylation sites is 1. The SMILES string of the molecule is CC1(C)C[C@@H]2C[C@@](C)(CN2Cn2c(O)c(N=NC(=O)c3cccs3)c3ccccc32)C1. The van der Waals surface area contributed by atoms with Crippen molar-refractivity contribution in [3.8, 4) is 5.88 Å². The molecule has 2 fully saturated rings. The number of thiophene rings is 1. The van der Waals surface area contributed by atoms with Crippen LogP contribution in [0, 0.1) is 10.8 Å². The number of carbonyl (C=O) groups excluding carboxylic acids is 1. The van der Waals surface area contributed by atoms with Crippen molar-refractivity contribution in [1.29, 1.82) is 0 Å². The first-order valence-corrected chi connectivity index (χ1v) is 11.7. The van der Waals surface area contributed by atoms with E-state index in [2.05, 4.69) is 35.9 Å². The molecule has 1 aromatic carbocycles. The van der Waals surface area contributed by atoms with Gasteiger partial charge in [0.05, 0.1) is 17.1 Å². The first-order valence-electron chi connectivity index (χ1n) is 10.8. The second-order valence-electron chi connectivity index (χ2n) is 10.2. The van der Waals surface area contributed by atoms with Gasteiger partial charge in [-0.15, -0.1) is 21.6 Å². The molecule has 6 nitrogen and oxygen atoms in total. The molecule has 7 heteroatoms. The number of nitrogens with zero attached hydrogens (tertiary/aromatic N) is 4. The molecule has 162 valence electrons. The van der Waals surface area contributed by atoms with Gasteiger partial charge in [0.2, 0.25) is 5.88 Å². The minimum Gasteiger partial charge on any atom is -0.493 e. The number of hydrogen-bond donors (Lipinski definition) is 1. The lowest BCUT2D eigenvalue weighted by molar-refractivity contribution is 0.0999. The van der Waals surface area contributed by atoms with Crippen LogP contribution in [0.25, 0.3) is 10.9 Å². The van der Waals surface area contributed by atoms with E-state index in [1.54, 1.807) is 6.07 Å². The number of fused-ring (bicyclic) bond motifs is 3. The van der Waals surface area contributed by atoms with Gasteiger partial charge in [-0.2, -0.15) is 0 Å². The van der Waals surface area contributed by atoms with E-state index in [4.69, 9.17) is 0 Å². The Morgan fingerprint density at radius 2 is 2.00 bits per heavy atom. The average Bonchev–Trinajstić information content (AvgIpc) is 3.37. The molecule has 0 spiro atoms. The molecule has 2 bridgehead atoms. The molecule has 2 aliphatic rings. The lowest BCUT2D eigenvalue weighted by atomic mass is 9.65. The van der Waals surface area contributed by atoms with Crippen LogP contribution in [0.2, 0.25) is 0 Å². The normalized spacial score (nSPS) is 25.6. The molecule has 1 aliphatic heterocycles. The zero-order chi connectivity index (χ0) is 21.8. The smallest absolute Gasteiger partial charge is 0.305 e. The fraction of sp³-hybridized carbons (Fsp3) is 0.458. The van der Waals surface area contributed by atoms with Gasteiger partial charge in [-0.3, -0.25) is 14.3 Å². The molecule has 1 saturated carbocycles. The van der Waals surface area contributed by atoms with E-state index >= 15 is 0 Å². The molecule has 1 amide bonds. The summed E-state index contributed by atoms with van der Waals surface area (Å²) in [6.45, 7) is 8.77. The van der Waals surface area contributed by atoms with Crippen molar-refractivity contribution in [3.05, 3.63) is 46.7 Å². The third kappa shape index (κ3) is 3.70. The van der Waals surface area contributed by atoms with E-state index in [0.29, 0.717) is 34.1 Å². The van der Waals surface area contributed by atoms with Gasteiger partial charge in [0.15, 0.2) is 5.69 Å². The predicted octanol–water partition coefficient (Wildman–Crippen LogP) is 6.19. The Morgan fingerprint density at radius 3 is 2.77 bits per heavy atom. The average molecular weight is 437 g/mol. The fourth-order valence-corrected chi connectivity index (χ4v) is 6.58. The largest absolute Gasteiger partial charge is 0.493 e. The second kappa shape index (κ2) is 7.28. The maximum absolute atomic E-state index is 12.3. The lowest BCUT2D eigenvalue weighted by Gasteiger charge is -2.40. The van der Waals surface area contributed by atoms with Crippen molar-refractivity contribution in [2.24, 2.45) is 21.1 Å². The third-order valence-electron chi connectivity index (χ3n) is 6.74. The van der Waals surface area contributed by atoms with Crippen LogP contribution in [0.4, 0.5) is 5.69 Å². The van der Waals surface area contributed by atoms with Crippen LogP contribution >= 0.6 is 11.3 Å². The number of carbonyl (C=O) groups is 1. The van der Waals surface area contributed by atoms with Crippen molar-refractivity contribution in [3.63, 3.8) is 0 Å². The summed E-state index contributed by atoms with van der Waals surface area (Å²) in [6, 6.07) is 11.8. The molecule has 0 unspecified atom stereocenters. The first-order chi connectivity index (χ1) is 14.7. The van der Waals surface area contributed by atoms with Crippen molar-refractivity contribution in [2.75, 3.05) is 6.54 Å². The van der Waals surface area contributed by atoms with Gasteiger partial charge in [0.1, 0.15) is 0 Å². The van der Waals surface area contributed by atoms with Crippen LogP contribution in [0.5, 0.6) is 5.88 Å². The summed E-state index contributed by atoms with van der Waals surface area (Å²) in [4.78, 5) is 15.3. The highest BCUT2D eigenvalue weighted by atomic mass is 32.1. The molecular formula is C24H28N4O2S. The molecule has 2 atom stereocenters. The van der Waals surface area contributed by atoms with Gasteiger partial charge in [-0.1, -0.05) is 45.0 Å². The van der Waals surface area contributed by atoms with Crippen molar-refractivity contribution in [2.45, 2.75) is 52.7 Å². The van der Waals surface area contributed by atoms with Crippen LogP contribution in [0.3, 0.4) is 0 Å². The highest BCUT2D eigenvalue weighted by Crippen LogP contribution is 2.53. The molecule has 1 saturated heterocycles. The Bertz CT molecular complexity index is 1160. The summed E-state index contributed by atoms with van der Waals surface area (Å²) in [7, 11) is 0. The van der Waals surface area contributed by atoms with E-state index in [1.165, 1.54) is 30.6 Å². The number of aromatic hydroxyl groups is 1. The van der Waals surface area contributed by atoms with E-state index in [0.717, 1.165) is 17.4 Å². The molecule has 31 heavy (non-hydrogen) atoms. The summed E-state index contributed by atoms with van der Waals surface area (Å²) in [5, 5.41) is 21.8. The highest BCUT2D eigenvalue weighted by molar-refractivity contribution is 7.12. The topological polar surface area (TPSA) is 70.2 Å². The zero-order valence-corrected chi connectivity index (χ0v) is 19.0. The molecule has 3 aromatic rings. The van der Waals surface area contributed by atoms with Crippen LogP contribution < -0.4 is 0 Å². The Labute approximate surface area is 186 Å². The van der Waals surface area contributed by atoms with E-state index in [9.17, 15) is 9.90 Å². The number of azo groups is 1. The number of benzene rings is 1. The van der Waals surface area contributed by atoms with Gasteiger partial charge in [-0.05, 0) is 47.6 Å². The van der Waals surface area contributed by atoms with Gasteiger partial charge < -0.3 is 5.11 Å². The van der Waals surface area contributed by atoms with Crippen LogP contribution in [-0.4, -0.2) is 33.1 Å². The Morgan fingerprint density at radius 1 is 1.19 bits per heavy atom. The van der Waals surface area contributed by atoms with Gasteiger partial charge >= 0.3 is 5.91 Å². The Kier molecular flexibility index (Phi) is 4.79. The Hall–Kier alpha value is -2.51. The summed E-state index contributed by atoms with van der Waals surface area (Å²) < 4.78 is 1.91. The minimum atomic E-state index is -0.394. The van der Waals surface area contributed by atoms with E-state index < -0.39 is 5.91 Å². The molecule has 1 aliphatic carbocycles. The summed E-state index contributed by atoms with van der Waals surface area (Å²) >= 11 is 1.33. The maximum atomic E-state index is 12.3. The molecule has 0 radical (unpaired) electrons. The molecule has 1 N–H and O–H groups in total. The number of rotatable bonds is 4. The number of amides is 1. The van der Waals surface area contributed by atoms with Gasteiger partial charge in [0, 0.05) is 18.0 Å². The van der Waals surface area contributed by atoms with E-state index in [1.807, 2.05) is 40.3 Å². The van der Waals surface area contributed by atoms with Crippen LogP contribution in [-0.2, 0) is 6.67 Å². The number of aromatic nitrogens is 1. The molecule has 3 heterocycles. The fourth-order valence-electron chi connectivity index (χ4n) is 5.98. The van der Waals surface area contributed by atoms with E-state index in [-0.39, 0.29) is 5.88 Å². The van der Waals surface area contributed by atoms with Crippen molar-refractivity contribution < 1.29 is 9.90 Å². The van der Waals surface area contributed by atoms with Crippen molar-refractivity contribution >= 4 is 33.8 Å². The zero-order valence-electron chi connectivity index (χ0n) is 18.2. The van der Waals surface area contributed by atoms with Gasteiger partial charge in [0.25, 0.3) is 0 Å². The Balaban J connectivity index is 1.48. The summed E-state index contributed by atoms with van der Waals surface area (Å²) in [6.07, 6.45) is 3.61. The summed E-state index contributed by atoms with van der Waals surface area (Å²) in [5.74, 6) is -0.329. The quantitative estimate of drug-likeness (QED) is 0.496. The standard InChI is InChI=1S/C24H28N4O2S/c1-23(2)11-16-12-24(3,13-23)14-27(16)15-28-18-8-5-4-7-17(18)20(22(28)30)25-26-21(29)19-9-6-10-31-19/h4-10,16,30H,11-15H2,1-3H3/t16-,24-/m1/s1. The van der Waals surface area contributed by atoms with Crippen molar-refractivity contribution in [1.82, 2.24) is 9.47 Å². The molecule has 5 rings (SSSR count). The van der Waals surface area contributed by atoms with Crippen LogP contribution in [0.1, 0.15) is 49.7 Å². The molecule has 2 aromatic heterocycles. The third-order valence-corrected chi connectivity index (χ3v) is 7.59. The summed E-state index contributed by atoms with van der Waals surface area (Å²) in [5.41, 5.74) is 1.92. The highest BCUT2D eigenvalue weighted by Gasteiger charge is 2.49. The lowest BCUT2D eigenvalue weighted by Crippen LogP contribution is -2.35. The maximum Gasteiger partial charge on any atom is 0.305 e. The second-order valence-corrected chi connectivity index (χ2v) is 11.1. The monoisotopic (exact) mass is 436 g/mol. The predicted molar refractivity (Wildman–Crippen MR) is 123 cm³/mol. The minimum absolute atomic E-state index is 0.0646.